The summed E-state index contributed by atoms with van der Waals surface area (Å²) in [7, 11) is -2.18. The van der Waals surface area contributed by atoms with Crippen molar-refractivity contribution in [1.82, 2.24) is 0 Å². The molecule has 0 N–H and O–H groups in total. The fourth-order valence-electron chi connectivity index (χ4n) is 5.58. The number of hydrogen-bond acceptors (Lipinski definition) is 2. The summed E-state index contributed by atoms with van der Waals surface area (Å²) in [5.74, 6) is 3.07. The Morgan fingerprint density at radius 2 is 0.952 bits per heavy atom. The predicted octanol–water partition coefficient (Wildman–Crippen LogP) is 5.37. The summed E-state index contributed by atoms with van der Waals surface area (Å²) in [6.07, 6.45) is 5.43. The highest BCUT2D eigenvalue weighted by Gasteiger charge is 2.60. The summed E-state index contributed by atoms with van der Waals surface area (Å²) in [5, 5.41) is 0. The molecule has 3 heteroatoms. The molecule has 0 heterocycles. The Bertz CT molecular complexity index is 281. The number of rotatable bonds is 6. The lowest BCUT2D eigenvalue weighted by atomic mass is 10.1. The molecule has 2 fully saturated rings. The molecular weight excluding hydrogens is 276 g/mol. The molecule has 2 saturated carbocycles. The second-order valence-corrected chi connectivity index (χ2v) is 11.1. The molecule has 4 unspecified atom stereocenters. The van der Waals surface area contributed by atoms with Gasteiger partial charge in [0, 0.05) is 24.3 Å². The van der Waals surface area contributed by atoms with E-state index in [0.717, 1.165) is 36.9 Å². The van der Waals surface area contributed by atoms with Gasteiger partial charge in [-0.3, -0.25) is 0 Å². The van der Waals surface area contributed by atoms with Crippen LogP contribution in [0.4, 0.5) is 0 Å². The summed E-state index contributed by atoms with van der Waals surface area (Å²) in [6.45, 7) is 15.7. The van der Waals surface area contributed by atoms with E-state index in [0.29, 0.717) is 11.1 Å². The van der Waals surface area contributed by atoms with Crippen LogP contribution in [0.3, 0.4) is 0 Å². The standard InChI is InChI=1S/C18H36O2Si/c1-7-19-21(20-8-2,17-13(3)9-10-14(17)4)18-15(5)11-12-16(18)6/h13-18H,7-12H2,1-6H3. The van der Waals surface area contributed by atoms with Crippen molar-refractivity contribution in [2.45, 2.75) is 78.3 Å². The molecule has 0 spiro atoms. The van der Waals surface area contributed by atoms with E-state index in [-0.39, 0.29) is 0 Å². The summed E-state index contributed by atoms with van der Waals surface area (Å²) < 4.78 is 13.3. The van der Waals surface area contributed by atoms with Gasteiger partial charge in [0.05, 0.1) is 0 Å². The molecule has 2 rings (SSSR count). The first-order valence-corrected chi connectivity index (χ1v) is 11.2. The van der Waals surface area contributed by atoms with Crippen LogP contribution in [-0.2, 0) is 8.85 Å². The zero-order valence-electron chi connectivity index (χ0n) is 15.0. The van der Waals surface area contributed by atoms with Gasteiger partial charge in [0.15, 0.2) is 0 Å². The smallest absolute Gasteiger partial charge is 0.345 e. The molecule has 124 valence electrons. The van der Waals surface area contributed by atoms with Crippen LogP contribution in [0.2, 0.25) is 11.1 Å². The van der Waals surface area contributed by atoms with Crippen LogP contribution in [0.5, 0.6) is 0 Å². The average Bonchev–Trinajstić information content (AvgIpc) is 2.93. The zero-order chi connectivity index (χ0) is 15.6. The van der Waals surface area contributed by atoms with E-state index in [1.165, 1.54) is 25.7 Å². The maximum absolute atomic E-state index is 6.64. The fourth-order valence-corrected chi connectivity index (χ4v) is 11.6. The van der Waals surface area contributed by atoms with Crippen molar-refractivity contribution in [3.63, 3.8) is 0 Å². The van der Waals surface area contributed by atoms with E-state index in [1.807, 2.05) is 0 Å². The van der Waals surface area contributed by atoms with Gasteiger partial charge in [-0.2, -0.15) is 0 Å². The Labute approximate surface area is 133 Å². The highest BCUT2D eigenvalue weighted by atomic mass is 28.4. The molecule has 0 radical (unpaired) electrons. The highest BCUT2D eigenvalue weighted by molar-refractivity contribution is 6.71. The SMILES string of the molecule is CCO[Si](OCC)(C1C(C)CCC1C)C1C(C)CCC1C. The first kappa shape index (κ1) is 17.5. The van der Waals surface area contributed by atoms with Crippen LogP contribution in [0.15, 0.2) is 0 Å². The molecule has 0 aromatic rings. The Kier molecular flexibility index (Phi) is 5.95. The van der Waals surface area contributed by atoms with Crippen molar-refractivity contribution in [1.29, 1.82) is 0 Å². The lowest BCUT2D eigenvalue weighted by molar-refractivity contribution is 0.138. The van der Waals surface area contributed by atoms with Gasteiger partial charge in [0.1, 0.15) is 0 Å². The summed E-state index contributed by atoms with van der Waals surface area (Å²) >= 11 is 0. The lowest BCUT2D eigenvalue weighted by Gasteiger charge is -2.46. The van der Waals surface area contributed by atoms with E-state index >= 15 is 0 Å². The molecule has 2 aliphatic rings. The van der Waals surface area contributed by atoms with Crippen LogP contribution < -0.4 is 0 Å². The van der Waals surface area contributed by atoms with E-state index in [1.54, 1.807) is 0 Å². The number of hydrogen-bond donors (Lipinski definition) is 0. The third kappa shape index (κ3) is 3.11. The van der Waals surface area contributed by atoms with Gasteiger partial charge in [0.25, 0.3) is 0 Å². The van der Waals surface area contributed by atoms with E-state index < -0.39 is 8.56 Å². The van der Waals surface area contributed by atoms with Crippen molar-refractivity contribution in [3.8, 4) is 0 Å². The first-order valence-electron chi connectivity index (χ1n) is 9.25. The largest absolute Gasteiger partial charge is 0.394 e. The molecule has 2 aliphatic carbocycles. The Morgan fingerprint density at radius 3 is 1.19 bits per heavy atom. The quantitative estimate of drug-likeness (QED) is 0.613. The van der Waals surface area contributed by atoms with Crippen LogP contribution in [0.1, 0.15) is 67.2 Å². The third-order valence-electron chi connectivity index (χ3n) is 6.28. The summed E-state index contributed by atoms with van der Waals surface area (Å²) in [5.41, 5.74) is 1.37. The Morgan fingerprint density at radius 1 is 0.667 bits per heavy atom. The minimum absolute atomic E-state index is 0.686. The lowest BCUT2D eigenvalue weighted by Crippen LogP contribution is -2.55. The van der Waals surface area contributed by atoms with Gasteiger partial charge >= 0.3 is 8.56 Å². The fraction of sp³-hybridized carbons (Fsp3) is 1.00. The third-order valence-corrected chi connectivity index (χ3v) is 11.9. The topological polar surface area (TPSA) is 18.5 Å². The summed E-state index contributed by atoms with van der Waals surface area (Å²) in [4.78, 5) is 0. The van der Waals surface area contributed by atoms with Crippen LogP contribution in [-0.4, -0.2) is 21.8 Å². The monoisotopic (exact) mass is 312 g/mol. The van der Waals surface area contributed by atoms with Crippen molar-refractivity contribution in [3.05, 3.63) is 0 Å². The van der Waals surface area contributed by atoms with Crippen LogP contribution >= 0.6 is 0 Å². The van der Waals surface area contributed by atoms with Gasteiger partial charge in [-0.05, 0) is 37.5 Å². The van der Waals surface area contributed by atoms with Crippen molar-refractivity contribution in [2.75, 3.05) is 13.2 Å². The molecular formula is C18H36O2Si. The van der Waals surface area contributed by atoms with Crippen LogP contribution in [0.25, 0.3) is 0 Å². The molecule has 0 aromatic heterocycles. The van der Waals surface area contributed by atoms with Crippen molar-refractivity contribution in [2.24, 2.45) is 23.7 Å². The molecule has 0 aromatic carbocycles. The molecule has 0 amide bonds. The summed E-state index contributed by atoms with van der Waals surface area (Å²) in [6, 6.07) is 0. The van der Waals surface area contributed by atoms with Gasteiger partial charge < -0.3 is 8.85 Å². The molecule has 4 atom stereocenters. The molecule has 0 aliphatic heterocycles. The van der Waals surface area contributed by atoms with Gasteiger partial charge in [-0.15, -0.1) is 0 Å². The van der Waals surface area contributed by atoms with Crippen molar-refractivity contribution >= 4 is 8.56 Å². The maximum Gasteiger partial charge on any atom is 0.345 e. The zero-order valence-corrected chi connectivity index (χ0v) is 16.0. The first-order chi connectivity index (χ1) is 9.97. The predicted molar refractivity (Wildman–Crippen MR) is 91.6 cm³/mol. The van der Waals surface area contributed by atoms with Gasteiger partial charge in [-0.1, -0.05) is 53.4 Å². The molecule has 0 bridgehead atoms. The molecule has 21 heavy (non-hydrogen) atoms. The highest BCUT2D eigenvalue weighted by Crippen LogP contribution is 2.58. The molecule has 2 nitrogen and oxygen atoms in total. The second-order valence-electron chi connectivity index (χ2n) is 7.70. The van der Waals surface area contributed by atoms with Crippen molar-refractivity contribution < 1.29 is 8.85 Å². The van der Waals surface area contributed by atoms with E-state index in [9.17, 15) is 0 Å². The normalized spacial score (nSPS) is 40.9. The van der Waals surface area contributed by atoms with Gasteiger partial charge in [0.2, 0.25) is 0 Å². The average molecular weight is 313 g/mol. The van der Waals surface area contributed by atoms with E-state index in [4.69, 9.17) is 8.85 Å². The molecule has 0 saturated heterocycles. The Balaban J connectivity index is 2.41. The minimum atomic E-state index is -2.18. The van der Waals surface area contributed by atoms with Crippen LogP contribution in [0, 0.1) is 23.7 Å². The second kappa shape index (κ2) is 7.14. The van der Waals surface area contributed by atoms with Gasteiger partial charge in [-0.25, -0.2) is 0 Å². The van der Waals surface area contributed by atoms with E-state index in [2.05, 4.69) is 41.5 Å². The maximum atomic E-state index is 6.64. The minimum Gasteiger partial charge on any atom is -0.394 e. The Hall–Kier alpha value is 0.137.